The second-order valence-corrected chi connectivity index (χ2v) is 8.03. The summed E-state index contributed by atoms with van der Waals surface area (Å²) in [7, 11) is 0. The highest BCUT2D eigenvalue weighted by molar-refractivity contribution is 6.05. The number of fused-ring (bicyclic) bond motifs is 1. The molecule has 4 N–H and O–H groups in total. The van der Waals surface area contributed by atoms with Gasteiger partial charge in [-0.25, -0.2) is 0 Å². The van der Waals surface area contributed by atoms with Gasteiger partial charge in [-0.3, -0.25) is 19.7 Å². The van der Waals surface area contributed by atoms with Gasteiger partial charge in [0.05, 0.1) is 0 Å². The fourth-order valence-electron chi connectivity index (χ4n) is 3.92. The number of nitrogens with zero attached hydrogens (tertiary/aromatic N) is 1. The van der Waals surface area contributed by atoms with Gasteiger partial charge in [0.25, 0.3) is 5.91 Å². The average molecular weight is 370 g/mol. The Bertz CT molecular complexity index is 787. The van der Waals surface area contributed by atoms with Crippen LogP contribution in [-0.2, 0) is 22.7 Å². The van der Waals surface area contributed by atoms with Crippen LogP contribution in [0.3, 0.4) is 0 Å². The van der Waals surface area contributed by atoms with E-state index in [-0.39, 0.29) is 29.7 Å². The Kier molecular flexibility index (Phi) is 4.74. The van der Waals surface area contributed by atoms with Crippen LogP contribution in [0.5, 0.6) is 0 Å². The molecule has 0 bridgehead atoms. The third kappa shape index (κ3) is 3.89. The van der Waals surface area contributed by atoms with Crippen LogP contribution in [0, 0.1) is 0 Å². The standard InChI is InChI=1S/C20H26N4O3/c21-20(7-8-20)6-1-9-22-11-13-2-3-14-12-24(19(27)15(14)10-13)16-4-5-17(25)23-18(16)26/h2-3,10,16,22H,1,4-9,11-12,21H2,(H,23,25,26). The number of carbonyl (C=O) groups excluding carboxylic acids is 3. The monoisotopic (exact) mass is 370 g/mol. The van der Waals surface area contributed by atoms with E-state index in [4.69, 9.17) is 5.73 Å². The third-order valence-corrected chi connectivity index (χ3v) is 5.84. The quantitative estimate of drug-likeness (QED) is 0.487. The fraction of sp³-hybridized carbons (Fsp3) is 0.550. The molecule has 7 nitrogen and oxygen atoms in total. The number of amides is 3. The van der Waals surface area contributed by atoms with E-state index >= 15 is 0 Å². The second-order valence-electron chi connectivity index (χ2n) is 8.03. The van der Waals surface area contributed by atoms with E-state index in [0.29, 0.717) is 25.1 Å². The van der Waals surface area contributed by atoms with Crippen molar-refractivity contribution in [3.63, 3.8) is 0 Å². The molecule has 0 aromatic heterocycles. The van der Waals surface area contributed by atoms with Gasteiger partial charge in [0.1, 0.15) is 6.04 Å². The highest BCUT2D eigenvalue weighted by Gasteiger charge is 2.39. The third-order valence-electron chi connectivity index (χ3n) is 5.84. The Labute approximate surface area is 158 Å². The topological polar surface area (TPSA) is 105 Å². The molecule has 0 spiro atoms. The van der Waals surface area contributed by atoms with Gasteiger partial charge in [-0.05, 0) is 55.8 Å². The number of nitrogens with one attached hydrogen (secondary N) is 2. The van der Waals surface area contributed by atoms with E-state index in [1.807, 2.05) is 18.2 Å². The van der Waals surface area contributed by atoms with Gasteiger partial charge in [0, 0.05) is 30.6 Å². The van der Waals surface area contributed by atoms with Crippen LogP contribution in [0.15, 0.2) is 18.2 Å². The van der Waals surface area contributed by atoms with Gasteiger partial charge >= 0.3 is 0 Å². The molecule has 2 fully saturated rings. The molecule has 1 unspecified atom stereocenters. The second kappa shape index (κ2) is 7.05. The summed E-state index contributed by atoms with van der Waals surface area (Å²) in [6.07, 6.45) is 5.07. The maximum atomic E-state index is 12.8. The predicted octanol–water partition coefficient (Wildman–Crippen LogP) is 0.809. The van der Waals surface area contributed by atoms with Crippen molar-refractivity contribution in [2.75, 3.05) is 6.54 Å². The van der Waals surface area contributed by atoms with Crippen LogP contribution in [0.2, 0.25) is 0 Å². The Morgan fingerprint density at radius 1 is 1.26 bits per heavy atom. The van der Waals surface area contributed by atoms with Gasteiger partial charge in [-0.2, -0.15) is 0 Å². The number of rotatable bonds is 7. The van der Waals surface area contributed by atoms with E-state index in [1.165, 1.54) is 0 Å². The Morgan fingerprint density at radius 3 is 2.81 bits per heavy atom. The van der Waals surface area contributed by atoms with Gasteiger partial charge < -0.3 is 16.0 Å². The maximum absolute atomic E-state index is 12.8. The zero-order valence-electron chi connectivity index (χ0n) is 15.4. The minimum Gasteiger partial charge on any atom is -0.325 e. The minimum atomic E-state index is -0.560. The molecule has 3 amide bonds. The van der Waals surface area contributed by atoms with Crippen LogP contribution in [0.1, 0.15) is 60.0 Å². The normalized spacial score (nSPS) is 23.4. The Balaban J connectivity index is 1.33. The zero-order valence-corrected chi connectivity index (χ0v) is 15.4. The highest BCUT2D eigenvalue weighted by atomic mass is 16.2. The number of hydrogen-bond acceptors (Lipinski definition) is 5. The average Bonchev–Trinajstić information content (AvgIpc) is 3.28. The van der Waals surface area contributed by atoms with Crippen LogP contribution in [0.25, 0.3) is 0 Å². The van der Waals surface area contributed by atoms with E-state index in [2.05, 4.69) is 10.6 Å². The summed E-state index contributed by atoms with van der Waals surface area (Å²) in [5.74, 6) is -0.765. The molecule has 0 radical (unpaired) electrons. The fourth-order valence-corrected chi connectivity index (χ4v) is 3.92. The maximum Gasteiger partial charge on any atom is 0.255 e. The summed E-state index contributed by atoms with van der Waals surface area (Å²) < 4.78 is 0. The van der Waals surface area contributed by atoms with Gasteiger partial charge in [0.15, 0.2) is 0 Å². The number of hydrogen-bond donors (Lipinski definition) is 3. The molecule has 1 aliphatic carbocycles. The predicted molar refractivity (Wildman–Crippen MR) is 99.6 cm³/mol. The van der Waals surface area contributed by atoms with Crippen molar-refractivity contribution >= 4 is 17.7 Å². The molecular weight excluding hydrogens is 344 g/mol. The minimum absolute atomic E-state index is 0.0984. The van der Waals surface area contributed by atoms with Gasteiger partial charge in [-0.15, -0.1) is 0 Å². The molecular formula is C20H26N4O3. The van der Waals surface area contributed by atoms with Crippen molar-refractivity contribution in [3.8, 4) is 0 Å². The molecule has 7 heteroatoms. The highest BCUT2D eigenvalue weighted by Crippen LogP contribution is 2.36. The van der Waals surface area contributed by atoms with Gasteiger partial charge in [0.2, 0.25) is 11.8 Å². The molecule has 1 atom stereocenters. The molecule has 27 heavy (non-hydrogen) atoms. The number of nitrogens with two attached hydrogens (primary N) is 1. The van der Waals surface area contributed by atoms with Crippen molar-refractivity contribution in [1.29, 1.82) is 0 Å². The molecule has 3 aliphatic rings. The molecule has 1 saturated carbocycles. The Morgan fingerprint density at radius 2 is 2.07 bits per heavy atom. The first-order chi connectivity index (χ1) is 13.0. The number of carbonyl (C=O) groups is 3. The van der Waals surface area contributed by atoms with E-state index in [1.54, 1.807) is 4.90 Å². The summed E-state index contributed by atoms with van der Waals surface area (Å²) in [5.41, 5.74) is 8.85. The first-order valence-electron chi connectivity index (χ1n) is 9.71. The smallest absolute Gasteiger partial charge is 0.255 e. The largest absolute Gasteiger partial charge is 0.325 e. The summed E-state index contributed by atoms with van der Waals surface area (Å²) in [6.45, 7) is 2.04. The molecule has 1 aromatic rings. The summed E-state index contributed by atoms with van der Waals surface area (Å²) in [4.78, 5) is 37.8. The first-order valence-corrected chi connectivity index (χ1v) is 9.71. The molecule has 2 aliphatic heterocycles. The van der Waals surface area contributed by atoms with Crippen LogP contribution >= 0.6 is 0 Å². The first kappa shape index (κ1) is 18.1. The number of piperidine rings is 1. The molecule has 144 valence electrons. The van der Waals surface area contributed by atoms with Crippen molar-refractivity contribution in [2.24, 2.45) is 5.73 Å². The van der Waals surface area contributed by atoms with E-state index in [9.17, 15) is 14.4 Å². The summed E-state index contributed by atoms with van der Waals surface area (Å²) in [5, 5.41) is 5.74. The Hall–Kier alpha value is -2.25. The van der Waals surface area contributed by atoms with Crippen molar-refractivity contribution < 1.29 is 14.4 Å². The van der Waals surface area contributed by atoms with Crippen LogP contribution < -0.4 is 16.4 Å². The lowest BCUT2D eigenvalue weighted by Gasteiger charge is -2.29. The lowest BCUT2D eigenvalue weighted by atomic mass is 10.0. The summed E-state index contributed by atoms with van der Waals surface area (Å²) >= 11 is 0. The lowest BCUT2D eigenvalue weighted by Crippen LogP contribution is -2.52. The van der Waals surface area contributed by atoms with Crippen molar-refractivity contribution in [2.45, 2.75) is 63.2 Å². The lowest BCUT2D eigenvalue weighted by molar-refractivity contribution is -0.136. The number of benzene rings is 1. The molecule has 1 aromatic carbocycles. The van der Waals surface area contributed by atoms with E-state index in [0.717, 1.165) is 43.4 Å². The van der Waals surface area contributed by atoms with Crippen LogP contribution in [-0.4, -0.2) is 40.7 Å². The zero-order chi connectivity index (χ0) is 19.0. The molecule has 2 heterocycles. The number of imide groups is 1. The summed E-state index contributed by atoms with van der Waals surface area (Å²) in [6, 6.07) is 5.35. The molecule has 4 rings (SSSR count). The van der Waals surface area contributed by atoms with Gasteiger partial charge in [-0.1, -0.05) is 12.1 Å². The van der Waals surface area contributed by atoms with Crippen molar-refractivity contribution in [1.82, 2.24) is 15.5 Å². The van der Waals surface area contributed by atoms with E-state index < -0.39 is 6.04 Å². The van der Waals surface area contributed by atoms with Crippen molar-refractivity contribution in [3.05, 3.63) is 34.9 Å². The SMILES string of the molecule is NC1(CCCNCc2ccc3c(c2)C(=O)N(C2CCC(=O)NC2=O)C3)CC1. The van der Waals surface area contributed by atoms with Crippen LogP contribution in [0.4, 0.5) is 0 Å². The molecule has 1 saturated heterocycles.